The lowest BCUT2D eigenvalue weighted by atomic mass is 10.1. The molecule has 0 aliphatic carbocycles. The summed E-state index contributed by atoms with van der Waals surface area (Å²) in [6, 6.07) is 29.6. The van der Waals surface area contributed by atoms with Crippen LogP contribution >= 0.6 is 15.9 Å². The minimum Gasteiger partial charge on any atom is -0.455 e. The summed E-state index contributed by atoms with van der Waals surface area (Å²) >= 11 is 3.48. The number of halogens is 1. The number of furan rings is 1. The van der Waals surface area contributed by atoms with E-state index in [9.17, 15) is 4.21 Å². The second-order valence-electron chi connectivity index (χ2n) is 6.51. The third-order valence-electron chi connectivity index (χ3n) is 4.79. The molecule has 1 heterocycles. The standard InChI is InChI=1S/C24H15BrO2S/c25-18-13-10-17(11-14-18)23-24(28(26)19-7-2-1-3-8-19)22-20-9-5-4-6-16(20)12-15-21(22)27-23/h1-15H. The van der Waals surface area contributed by atoms with Gasteiger partial charge in [0.25, 0.3) is 0 Å². The van der Waals surface area contributed by atoms with Crippen LogP contribution in [0.2, 0.25) is 0 Å². The van der Waals surface area contributed by atoms with E-state index in [1.165, 1.54) is 0 Å². The summed E-state index contributed by atoms with van der Waals surface area (Å²) in [5.74, 6) is 0.654. The first-order chi connectivity index (χ1) is 13.7. The highest BCUT2D eigenvalue weighted by Gasteiger charge is 2.23. The summed E-state index contributed by atoms with van der Waals surface area (Å²) < 4.78 is 20.9. The van der Waals surface area contributed by atoms with Gasteiger partial charge in [0.05, 0.1) is 15.7 Å². The van der Waals surface area contributed by atoms with Crippen molar-refractivity contribution in [3.05, 3.63) is 95.5 Å². The van der Waals surface area contributed by atoms with E-state index in [-0.39, 0.29) is 0 Å². The van der Waals surface area contributed by atoms with Gasteiger partial charge in [0.15, 0.2) is 5.76 Å². The van der Waals surface area contributed by atoms with Gasteiger partial charge in [-0.2, -0.15) is 0 Å². The van der Waals surface area contributed by atoms with Crippen molar-refractivity contribution in [2.45, 2.75) is 9.79 Å². The maximum absolute atomic E-state index is 13.7. The van der Waals surface area contributed by atoms with Crippen LogP contribution in [0.25, 0.3) is 33.1 Å². The van der Waals surface area contributed by atoms with E-state index in [2.05, 4.69) is 28.1 Å². The Morgan fingerprint density at radius 2 is 1.46 bits per heavy atom. The van der Waals surface area contributed by atoms with E-state index >= 15 is 0 Å². The average Bonchev–Trinajstić information content (AvgIpc) is 3.14. The maximum Gasteiger partial charge on any atom is 0.151 e. The van der Waals surface area contributed by atoms with E-state index in [1.54, 1.807) is 0 Å². The van der Waals surface area contributed by atoms with Crippen LogP contribution in [0, 0.1) is 0 Å². The quantitative estimate of drug-likeness (QED) is 0.293. The highest BCUT2D eigenvalue weighted by Crippen LogP contribution is 2.41. The molecule has 0 saturated carbocycles. The van der Waals surface area contributed by atoms with Crippen LogP contribution in [-0.4, -0.2) is 4.21 Å². The molecular weight excluding hydrogens is 432 g/mol. The predicted octanol–water partition coefficient (Wildman–Crippen LogP) is 7.18. The fraction of sp³-hybridized carbons (Fsp3) is 0. The predicted molar refractivity (Wildman–Crippen MR) is 118 cm³/mol. The molecule has 0 aliphatic heterocycles. The number of benzene rings is 4. The lowest BCUT2D eigenvalue weighted by Crippen LogP contribution is -1.94. The molecule has 136 valence electrons. The SMILES string of the molecule is O=S(c1ccccc1)c1c(-c2ccc(Br)cc2)oc2ccc3ccccc3c12. The van der Waals surface area contributed by atoms with Gasteiger partial charge in [-0.15, -0.1) is 0 Å². The Balaban J connectivity index is 1.88. The first kappa shape index (κ1) is 17.4. The summed E-state index contributed by atoms with van der Waals surface area (Å²) in [4.78, 5) is 1.48. The third kappa shape index (κ3) is 2.89. The summed E-state index contributed by atoms with van der Waals surface area (Å²) in [5, 5.41) is 3.06. The van der Waals surface area contributed by atoms with Crippen LogP contribution in [0.3, 0.4) is 0 Å². The van der Waals surface area contributed by atoms with E-state index in [0.717, 1.165) is 41.6 Å². The molecular formula is C24H15BrO2S. The topological polar surface area (TPSA) is 30.2 Å². The molecule has 1 unspecified atom stereocenters. The summed E-state index contributed by atoms with van der Waals surface area (Å²) in [6.45, 7) is 0. The molecule has 5 rings (SSSR count). The molecule has 0 spiro atoms. The molecule has 5 aromatic rings. The van der Waals surface area contributed by atoms with Crippen molar-refractivity contribution in [2.75, 3.05) is 0 Å². The smallest absolute Gasteiger partial charge is 0.151 e. The van der Waals surface area contributed by atoms with E-state index in [0.29, 0.717) is 5.76 Å². The van der Waals surface area contributed by atoms with E-state index in [1.807, 2.05) is 78.9 Å². The summed E-state index contributed by atoms with van der Waals surface area (Å²) in [5.41, 5.74) is 1.65. The Morgan fingerprint density at radius 1 is 0.750 bits per heavy atom. The zero-order valence-corrected chi connectivity index (χ0v) is 17.2. The lowest BCUT2D eigenvalue weighted by Gasteiger charge is -2.06. The van der Waals surface area contributed by atoms with Crippen molar-refractivity contribution < 1.29 is 8.63 Å². The van der Waals surface area contributed by atoms with Crippen molar-refractivity contribution in [1.82, 2.24) is 0 Å². The molecule has 0 saturated heterocycles. The molecule has 0 fully saturated rings. The van der Waals surface area contributed by atoms with Crippen molar-refractivity contribution in [3.63, 3.8) is 0 Å². The van der Waals surface area contributed by atoms with Crippen molar-refractivity contribution in [3.8, 4) is 11.3 Å². The average molecular weight is 447 g/mol. The molecule has 1 atom stereocenters. The summed E-state index contributed by atoms with van der Waals surface area (Å²) in [7, 11) is -1.37. The minimum atomic E-state index is -1.37. The van der Waals surface area contributed by atoms with Crippen molar-refractivity contribution in [2.24, 2.45) is 0 Å². The molecule has 0 radical (unpaired) electrons. The maximum atomic E-state index is 13.7. The number of hydrogen-bond donors (Lipinski definition) is 0. The monoisotopic (exact) mass is 446 g/mol. The Labute approximate surface area is 173 Å². The molecule has 0 amide bonds. The fourth-order valence-electron chi connectivity index (χ4n) is 3.47. The van der Waals surface area contributed by atoms with E-state index < -0.39 is 10.8 Å². The third-order valence-corrected chi connectivity index (χ3v) is 6.77. The Hall–Kier alpha value is -2.69. The van der Waals surface area contributed by atoms with Gasteiger partial charge in [-0.3, -0.25) is 0 Å². The molecule has 4 heteroatoms. The number of rotatable bonds is 3. The zero-order valence-electron chi connectivity index (χ0n) is 14.8. The van der Waals surface area contributed by atoms with Gasteiger partial charge < -0.3 is 4.42 Å². The minimum absolute atomic E-state index is 0.654. The molecule has 0 N–H and O–H groups in total. The second kappa shape index (κ2) is 7.04. The molecule has 2 nitrogen and oxygen atoms in total. The first-order valence-electron chi connectivity index (χ1n) is 8.89. The number of fused-ring (bicyclic) bond motifs is 3. The van der Waals surface area contributed by atoms with Gasteiger partial charge in [0.1, 0.15) is 5.58 Å². The Bertz CT molecular complexity index is 1320. The highest BCUT2D eigenvalue weighted by atomic mass is 79.9. The molecule has 1 aromatic heterocycles. The summed E-state index contributed by atoms with van der Waals surface area (Å²) in [6.07, 6.45) is 0. The Kier molecular flexibility index (Phi) is 4.38. The van der Waals surface area contributed by atoms with Gasteiger partial charge in [-0.1, -0.05) is 76.6 Å². The molecule has 0 bridgehead atoms. The molecule has 28 heavy (non-hydrogen) atoms. The van der Waals surface area contributed by atoms with Gasteiger partial charge in [0.2, 0.25) is 0 Å². The van der Waals surface area contributed by atoms with Gasteiger partial charge in [-0.05, 0) is 41.1 Å². The highest BCUT2D eigenvalue weighted by molar-refractivity contribution is 9.10. The molecule has 0 aliphatic rings. The van der Waals surface area contributed by atoms with Crippen LogP contribution in [0.4, 0.5) is 0 Å². The van der Waals surface area contributed by atoms with Crippen LogP contribution in [-0.2, 0) is 10.8 Å². The van der Waals surface area contributed by atoms with Crippen molar-refractivity contribution >= 4 is 48.5 Å². The van der Waals surface area contributed by atoms with Gasteiger partial charge in [-0.25, -0.2) is 4.21 Å². The van der Waals surface area contributed by atoms with Crippen LogP contribution < -0.4 is 0 Å². The largest absolute Gasteiger partial charge is 0.455 e. The fourth-order valence-corrected chi connectivity index (χ4v) is 5.10. The van der Waals surface area contributed by atoms with Crippen LogP contribution in [0.15, 0.2) is 110 Å². The van der Waals surface area contributed by atoms with Crippen LogP contribution in [0.5, 0.6) is 0 Å². The number of hydrogen-bond acceptors (Lipinski definition) is 2. The zero-order chi connectivity index (χ0) is 19.1. The van der Waals surface area contributed by atoms with E-state index in [4.69, 9.17) is 4.42 Å². The Morgan fingerprint density at radius 3 is 2.25 bits per heavy atom. The van der Waals surface area contributed by atoms with Crippen LogP contribution in [0.1, 0.15) is 0 Å². The molecule has 4 aromatic carbocycles. The second-order valence-corrected chi connectivity index (χ2v) is 8.84. The van der Waals surface area contributed by atoms with Gasteiger partial charge >= 0.3 is 0 Å². The normalized spacial score (nSPS) is 12.5. The van der Waals surface area contributed by atoms with Crippen molar-refractivity contribution in [1.29, 1.82) is 0 Å². The first-order valence-corrected chi connectivity index (χ1v) is 10.8. The van der Waals surface area contributed by atoms with Gasteiger partial charge in [0, 0.05) is 20.3 Å². The lowest BCUT2D eigenvalue weighted by molar-refractivity contribution is 0.622.